The van der Waals surface area contributed by atoms with Crippen LogP contribution in [0.1, 0.15) is 36.3 Å². The average molecular weight is 318 g/mol. The molecule has 1 aliphatic heterocycles. The predicted octanol–water partition coefficient (Wildman–Crippen LogP) is 4.19. The van der Waals surface area contributed by atoms with E-state index in [9.17, 15) is 4.79 Å². The summed E-state index contributed by atoms with van der Waals surface area (Å²) in [6, 6.07) is 8.44. The number of thioether (sulfide) groups is 1. The second-order valence-corrected chi connectivity index (χ2v) is 7.16. The van der Waals surface area contributed by atoms with E-state index >= 15 is 0 Å². The van der Waals surface area contributed by atoms with E-state index in [0.717, 1.165) is 11.3 Å². The molecule has 2 nitrogen and oxygen atoms in total. The van der Waals surface area contributed by atoms with Crippen LogP contribution in [0.2, 0.25) is 0 Å². The lowest BCUT2D eigenvalue weighted by molar-refractivity contribution is -0.129. The molecule has 19 heavy (non-hydrogen) atoms. The van der Waals surface area contributed by atoms with Crippen molar-refractivity contribution in [3.63, 3.8) is 0 Å². The van der Waals surface area contributed by atoms with Gasteiger partial charge in [0, 0.05) is 12.3 Å². The lowest BCUT2D eigenvalue weighted by atomic mass is 10.0. The lowest BCUT2D eigenvalue weighted by Gasteiger charge is -2.24. The molecule has 1 aromatic carbocycles. The molecule has 0 aromatic heterocycles. The van der Waals surface area contributed by atoms with Gasteiger partial charge in [-0.15, -0.1) is 11.8 Å². The van der Waals surface area contributed by atoms with E-state index in [4.69, 9.17) is 23.2 Å². The van der Waals surface area contributed by atoms with Crippen LogP contribution in [0.4, 0.5) is 0 Å². The van der Waals surface area contributed by atoms with Crippen LogP contribution in [0, 0.1) is 0 Å². The highest BCUT2D eigenvalue weighted by molar-refractivity contribution is 7.99. The van der Waals surface area contributed by atoms with Crippen molar-refractivity contribution in [3.05, 3.63) is 35.4 Å². The number of carbonyl (C=O) groups is 1. The number of carbonyl (C=O) groups excluding carboxylic acids is 1. The van der Waals surface area contributed by atoms with Crippen molar-refractivity contribution in [2.24, 2.45) is 0 Å². The molecular formula is C14H17Cl2NOS. The van der Waals surface area contributed by atoms with Gasteiger partial charge < -0.3 is 4.90 Å². The average Bonchev–Trinajstić information content (AvgIpc) is 2.86. The van der Waals surface area contributed by atoms with Crippen molar-refractivity contribution < 1.29 is 4.79 Å². The molecule has 0 radical (unpaired) electrons. The van der Waals surface area contributed by atoms with Gasteiger partial charge in [-0.1, -0.05) is 61.3 Å². The Balaban J connectivity index is 2.18. The number of halogens is 2. The standard InChI is InChI=1S/C14H17Cl2NOS/c1-9(2)10-3-5-11(6-4-10)14-17(7-8-19-14)13(18)12(15)16/h3-6,9,12,14H,7-8H2,1-2H3/t14-/m1/s1. The van der Waals surface area contributed by atoms with E-state index in [1.165, 1.54) is 5.56 Å². The largest absolute Gasteiger partial charge is 0.323 e. The first kappa shape index (κ1) is 15.0. The molecule has 104 valence electrons. The molecule has 1 aromatic rings. The van der Waals surface area contributed by atoms with E-state index in [0.29, 0.717) is 12.5 Å². The Kier molecular flexibility index (Phi) is 5.04. The molecular weight excluding hydrogens is 301 g/mol. The van der Waals surface area contributed by atoms with Gasteiger partial charge in [0.1, 0.15) is 5.37 Å². The fraction of sp³-hybridized carbons (Fsp3) is 0.500. The van der Waals surface area contributed by atoms with E-state index in [2.05, 4.69) is 38.1 Å². The normalized spacial score (nSPS) is 19.5. The minimum atomic E-state index is -0.976. The van der Waals surface area contributed by atoms with E-state index < -0.39 is 4.84 Å². The molecule has 0 N–H and O–H groups in total. The molecule has 1 atom stereocenters. The van der Waals surface area contributed by atoms with Crippen LogP contribution in [0.15, 0.2) is 24.3 Å². The topological polar surface area (TPSA) is 20.3 Å². The van der Waals surface area contributed by atoms with Crippen molar-refractivity contribution in [2.75, 3.05) is 12.3 Å². The molecule has 5 heteroatoms. The lowest BCUT2D eigenvalue weighted by Crippen LogP contribution is -2.34. The Hall–Kier alpha value is -0.380. The van der Waals surface area contributed by atoms with E-state index in [-0.39, 0.29) is 11.3 Å². The summed E-state index contributed by atoms with van der Waals surface area (Å²) in [4.78, 5) is 12.7. The Morgan fingerprint density at radius 1 is 1.32 bits per heavy atom. The number of benzene rings is 1. The second kappa shape index (κ2) is 6.38. The number of hydrogen-bond donors (Lipinski definition) is 0. The van der Waals surface area contributed by atoms with Crippen LogP contribution in [0.25, 0.3) is 0 Å². The molecule has 0 unspecified atom stereocenters. The third kappa shape index (κ3) is 3.39. The number of amides is 1. The Morgan fingerprint density at radius 3 is 2.47 bits per heavy atom. The van der Waals surface area contributed by atoms with Crippen LogP contribution in [0.5, 0.6) is 0 Å². The molecule has 0 spiro atoms. The first-order chi connectivity index (χ1) is 9.00. The summed E-state index contributed by atoms with van der Waals surface area (Å²) in [5, 5.41) is 0.0358. The van der Waals surface area contributed by atoms with Gasteiger partial charge in [0.25, 0.3) is 5.91 Å². The van der Waals surface area contributed by atoms with Crippen LogP contribution >= 0.6 is 35.0 Å². The first-order valence-corrected chi connectivity index (χ1v) is 8.23. The van der Waals surface area contributed by atoms with E-state index in [1.807, 2.05) is 0 Å². The number of hydrogen-bond acceptors (Lipinski definition) is 2. The fourth-order valence-electron chi connectivity index (χ4n) is 2.14. The van der Waals surface area contributed by atoms with Gasteiger partial charge in [0.2, 0.25) is 0 Å². The molecule has 0 bridgehead atoms. The SMILES string of the molecule is CC(C)c1ccc([C@H]2SCCN2C(=O)C(Cl)Cl)cc1. The van der Waals surface area contributed by atoms with Crippen LogP contribution < -0.4 is 0 Å². The van der Waals surface area contributed by atoms with Gasteiger partial charge in [0.15, 0.2) is 4.84 Å². The molecule has 1 saturated heterocycles. The van der Waals surface area contributed by atoms with Gasteiger partial charge in [-0.05, 0) is 17.0 Å². The number of rotatable bonds is 3. The molecule has 0 aliphatic carbocycles. The summed E-state index contributed by atoms with van der Waals surface area (Å²) < 4.78 is 0. The zero-order valence-electron chi connectivity index (χ0n) is 11.0. The van der Waals surface area contributed by atoms with Gasteiger partial charge in [-0.25, -0.2) is 0 Å². The molecule has 2 rings (SSSR count). The Labute approximate surface area is 128 Å². The summed E-state index contributed by atoms with van der Waals surface area (Å²) in [7, 11) is 0. The van der Waals surface area contributed by atoms with Crippen LogP contribution in [-0.2, 0) is 4.79 Å². The molecule has 1 heterocycles. The first-order valence-electron chi connectivity index (χ1n) is 6.31. The smallest absolute Gasteiger partial charge is 0.257 e. The summed E-state index contributed by atoms with van der Waals surface area (Å²) in [5.41, 5.74) is 2.44. The van der Waals surface area contributed by atoms with Crippen molar-refractivity contribution in [3.8, 4) is 0 Å². The highest BCUT2D eigenvalue weighted by Gasteiger charge is 2.33. The van der Waals surface area contributed by atoms with Gasteiger partial charge in [-0.3, -0.25) is 4.79 Å². The maximum Gasteiger partial charge on any atom is 0.257 e. The highest BCUT2D eigenvalue weighted by Crippen LogP contribution is 2.39. The molecule has 1 amide bonds. The second-order valence-electron chi connectivity index (χ2n) is 4.88. The summed E-state index contributed by atoms with van der Waals surface area (Å²) in [5.74, 6) is 1.23. The highest BCUT2D eigenvalue weighted by atomic mass is 35.5. The minimum Gasteiger partial charge on any atom is -0.323 e. The van der Waals surface area contributed by atoms with Gasteiger partial charge in [-0.2, -0.15) is 0 Å². The van der Waals surface area contributed by atoms with Gasteiger partial charge in [0.05, 0.1) is 0 Å². The van der Waals surface area contributed by atoms with E-state index in [1.54, 1.807) is 16.7 Å². The quantitative estimate of drug-likeness (QED) is 0.779. The van der Waals surface area contributed by atoms with Crippen molar-refractivity contribution in [1.29, 1.82) is 0 Å². The minimum absolute atomic E-state index is 0.0358. The van der Waals surface area contributed by atoms with Crippen LogP contribution in [0.3, 0.4) is 0 Å². The van der Waals surface area contributed by atoms with Gasteiger partial charge >= 0.3 is 0 Å². The third-order valence-electron chi connectivity index (χ3n) is 3.25. The van der Waals surface area contributed by atoms with Crippen LogP contribution in [-0.4, -0.2) is 27.9 Å². The van der Waals surface area contributed by atoms with Crippen molar-refractivity contribution in [2.45, 2.75) is 30.0 Å². The molecule has 1 fully saturated rings. The predicted molar refractivity (Wildman–Crippen MR) is 82.9 cm³/mol. The zero-order chi connectivity index (χ0) is 14.0. The number of alkyl halides is 2. The summed E-state index contributed by atoms with van der Waals surface area (Å²) in [6.45, 7) is 5.04. The maximum absolute atomic E-state index is 12.0. The fourth-order valence-corrected chi connectivity index (χ4v) is 3.66. The molecule has 0 saturated carbocycles. The third-order valence-corrected chi connectivity index (χ3v) is 4.88. The Morgan fingerprint density at radius 2 is 1.95 bits per heavy atom. The maximum atomic E-state index is 12.0. The Bertz CT molecular complexity index is 447. The number of nitrogens with zero attached hydrogens (tertiary/aromatic N) is 1. The zero-order valence-corrected chi connectivity index (χ0v) is 13.3. The van der Waals surface area contributed by atoms with Crippen molar-refractivity contribution >= 4 is 40.9 Å². The summed E-state index contributed by atoms with van der Waals surface area (Å²) in [6.07, 6.45) is 0. The monoisotopic (exact) mass is 317 g/mol. The summed E-state index contributed by atoms with van der Waals surface area (Å²) >= 11 is 13.1. The van der Waals surface area contributed by atoms with Crippen molar-refractivity contribution in [1.82, 2.24) is 4.90 Å². The molecule has 1 aliphatic rings.